The van der Waals surface area contributed by atoms with Gasteiger partial charge in [-0.3, -0.25) is 0 Å². The fraction of sp³-hybridized carbons (Fsp3) is 0.828. The first-order valence-corrected chi connectivity index (χ1v) is 14.0. The van der Waals surface area contributed by atoms with Crippen LogP contribution in [0.25, 0.3) is 0 Å². The van der Waals surface area contributed by atoms with Crippen molar-refractivity contribution >= 4 is 0 Å². The van der Waals surface area contributed by atoms with Gasteiger partial charge in [0.2, 0.25) is 0 Å². The minimum absolute atomic E-state index is 0.114. The standard InChI is InChI=1S/C29H43NO4/c1-26-12-8-21(30-16-4-3-5-17-30)18-28(26,32)14-10-24-23(26)9-13-27(2)22(11-15-29(24,27)33)20-6-7-25(31)34-19-20/h6-7,19,21-24,32-33H,3-5,8-18H2,1-2H3/t21-,22+,23-,24+,26+,27+,28-,29-/m0/s1. The van der Waals surface area contributed by atoms with E-state index in [4.69, 9.17) is 4.42 Å². The predicted molar refractivity (Wildman–Crippen MR) is 132 cm³/mol. The Kier molecular flexibility index (Phi) is 5.41. The third-order valence-electron chi connectivity index (χ3n) is 12.0. The molecular weight excluding hydrogens is 426 g/mol. The Morgan fingerprint density at radius 1 is 0.882 bits per heavy atom. The number of likely N-dealkylation sites (tertiary alicyclic amines) is 1. The van der Waals surface area contributed by atoms with Gasteiger partial charge in [0.25, 0.3) is 0 Å². The summed E-state index contributed by atoms with van der Waals surface area (Å²) in [6, 6.07) is 3.95. The topological polar surface area (TPSA) is 73.9 Å². The van der Waals surface area contributed by atoms with E-state index in [1.54, 1.807) is 6.26 Å². The van der Waals surface area contributed by atoms with Gasteiger partial charge in [-0.1, -0.05) is 20.3 Å². The summed E-state index contributed by atoms with van der Waals surface area (Å²) in [6.07, 6.45) is 14.3. The molecule has 0 bridgehead atoms. The molecule has 0 amide bonds. The molecule has 5 nitrogen and oxygen atoms in total. The number of rotatable bonds is 2. The van der Waals surface area contributed by atoms with Crippen molar-refractivity contribution in [2.75, 3.05) is 13.1 Å². The maximum Gasteiger partial charge on any atom is 0.335 e. The van der Waals surface area contributed by atoms with Crippen LogP contribution in [0.5, 0.6) is 0 Å². The average molecular weight is 470 g/mol. The highest BCUT2D eigenvalue weighted by Crippen LogP contribution is 2.71. The molecule has 1 saturated heterocycles. The van der Waals surface area contributed by atoms with Crippen molar-refractivity contribution in [3.8, 4) is 0 Å². The Morgan fingerprint density at radius 2 is 1.62 bits per heavy atom. The third kappa shape index (κ3) is 3.12. The summed E-state index contributed by atoms with van der Waals surface area (Å²) in [5.74, 6) is 0.828. The summed E-state index contributed by atoms with van der Waals surface area (Å²) >= 11 is 0. The Hall–Kier alpha value is -1.17. The van der Waals surface area contributed by atoms with E-state index in [0.717, 1.165) is 56.9 Å². The molecule has 4 saturated carbocycles. The van der Waals surface area contributed by atoms with Crippen LogP contribution in [0.1, 0.15) is 102 Å². The monoisotopic (exact) mass is 469 g/mol. The first-order valence-electron chi connectivity index (χ1n) is 14.0. The number of nitrogens with zero attached hydrogens (tertiary/aromatic N) is 1. The molecule has 0 unspecified atom stereocenters. The number of piperidine rings is 1. The molecule has 0 aromatic carbocycles. The molecular formula is C29H43NO4. The van der Waals surface area contributed by atoms with Crippen LogP contribution in [0, 0.1) is 22.7 Å². The average Bonchev–Trinajstić information content (AvgIpc) is 3.11. The fourth-order valence-electron chi connectivity index (χ4n) is 9.90. The zero-order valence-corrected chi connectivity index (χ0v) is 21.1. The smallest absolute Gasteiger partial charge is 0.335 e. The van der Waals surface area contributed by atoms with Gasteiger partial charge in [-0.15, -0.1) is 0 Å². The van der Waals surface area contributed by atoms with Crippen molar-refractivity contribution in [3.05, 3.63) is 34.4 Å². The van der Waals surface area contributed by atoms with Crippen LogP contribution in [0.4, 0.5) is 0 Å². The van der Waals surface area contributed by atoms with Crippen LogP contribution in [0.15, 0.2) is 27.6 Å². The summed E-state index contributed by atoms with van der Waals surface area (Å²) in [5, 5.41) is 24.6. The molecule has 0 spiro atoms. The van der Waals surface area contributed by atoms with E-state index in [0.29, 0.717) is 12.0 Å². The lowest BCUT2D eigenvalue weighted by atomic mass is 9.41. The van der Waals surface area contributed by atoms with Crippen molar-refractivity contribution in [2.24, 2.45) is 22.7 Å². The molecule has 5 aliphatic rings. The quantitative estimate of drug-likeness (QED) is 0.648. The van der Waals surface area contributed by atoms with Crippen LogP contribution in [0.3, 0.4) is 0 Å². The van der Waals surface area contributed by atoms with E-state index >= 15 is 0 Å². The van der Waals surface area contributed by atoms with Crippen LogP contribution >= 0.6 is 0 Å². The second-order valence-corrected chi connectivity index (χ2v) is 13.1. The summed E-state index contributed by atoms with van der Waals surface area (Å²) in [5.41, 5.74) is -0.922. The van der Waals surface area contributed by atoms with Gasteiger partial charge in [0, 0.05) is 17.5 Å². The largest absolute Gasteiger partial charge is 0.431 e. The maximum atomic E-state index is 12.4. The molecule has 1 aliphatic heterocycles. The highest BCUT2D eigenvalue weighted by molar-refractivity contribution is 5.27. The van der Waals surface area contributed by atoms with Gasteiger partial charge in [0.1, 0.15) is 0 Å². The van der Waals surface area contributed by atoms with Crippen LogP contribution in [0.2, 0.25) is 0 Å². The summed E-state index contributed by atoms with van der Waals surface area (Å²) in [6.45, 7) is 7.04. The molecule has 6 rings (SSSR count). The molecule has 2 N–H and O–H groups in total. The molecule has 1 aromatic rings. The predicted octanol–water partition coefficient (Wildman–Crippen LogP) is 4.85. The van der Waals surface area contributed by atoms with Crippen molar-refractivity contribution in [3.63, 3.8) is 0 Å². The number of hydrogen-bond acceptors (Lipinski definition) is 5. The van der Waals surface area contributed by atoms with Gasteiger partial charge in [-0.2, -0.15) is 0 Å². The molecule has 2 heterocycles. The SMILES string of the molecule is C[C@]12CC[C@H](N3CCCCC3)C[C@@]1(O)CC[C@@H]1[C@@H]2CC[C@]2(C)[C@@H](c3ccc(=O)oc3)CC[C@]12O. The van der Waals surface area contributed by atoms with Gasteiger partial charge in [0.05, 0.1) is 17.5 Å². The first-order chi connectivity index (χ1) is 16.2. The Bertz CT molecular complexity index is 966. The molecule has 5 fully saturated rings. The minimum atomic E-state index is -0.717. The molecule has 4 aliphatic carbocycles. The van der Waals surface area contributed by atoms with E-state index < -0.39 is 11.2 Å². The lowest BCUT2D eigenvalue weighted by molar-refractivity contribution is -0.250. The Morgan fingerprint density at radius 3 is 2.35 bits per heavy atom. The van der Waals surface area contributed by atoms with Gasteiger partial charge in [0.15, 0.2) is 0 Å². The number of hydrogen-bond donors (Lipinski definition) is 2. The minimum Gasteiger partial charge on any atom is -0.431 e. The highest BCUT2D eigenvalue weighted by atomic mass is 16.4. The summed E-state index contributed by atoms with van der Waals surface area (Å²) in [7, 11) is 0. The van der Waals surface area contributed by atoms with E-state index in [1.165, 1.54) is 44.8 Å². The second-order valence-electron chi connectivity index (χ2n) is 13.1. The number of aliphatic hydroxyl groups is 2. The van der Waals surface area contributed by atoms with Gasteiger partial charge >= 0.3 is 5.63 Å². The lowest BCUT2D eigenvalue weighted by Crippen LogP contribution is -2.68. The van der Waals surface area contributed by atoms with Gasteiger partial charge < -0.3 is 19.5 Å². The molecule has 8 atom stereocenters. The zero-order valence-electron chi connectivity index (χ0n) is 21.1. The van der Waals surface area contributed by atoms with Gasteiger partial charge in [-0.05, 0) is 119 Å². The van der Waals surface area contributed by atoms with Crippen LogP contribution in [-0.2, 0) is 0 Å². The first kappa shape index (κ1) is 23.2. The molecule has 5 heteroatoms. The van der Waals surface area contributed by atoms with Crippen molar-refractivity contribution in [1.82, 2.24) is 4.90 Å². The number of fused-ring (bicyclic) bond motifs is 5. The molecule has 0 radical (unpaired) electrons. The van der Waals surface area contributed by atoms with Crippen molar-refractivity contribution < 1.29 is 14.6 Å². The Balaban J connectivity index is 1.27. The maximum absolute atomic E-state index is 12.4. The fourth-order valence-corrected chi connectivity index (χ4v) is 9.90. The summed E-state index contributed by atoms with van der Waals surface area (Å²) in [4.78, 5) is 14.2. The lowest BCUT2D eigenvalue weighted by Gasteiger charge is -2.66. The van der Waals surface area contributed by atoms with Crippen LogP contribution < -0.4 is 5.63 Å². The van der Waals surface area contributed by atoms with E-state index in [-0.39, 0.29) is 28.3 Å². The zero-order chi connectivity index (χ0) is 23.8. The van der Waals surface area contributed by atoms with Crippen molar-refractivity contribution in [2.45, 2.75) is 114 Å². The third-order valence-corrected chi connectivity index (χ3v) is 12.0. The molecule has 188 valence electrons. The summed E-state index contributed by atoms with van der Waals surface area (Å²) < 4.78 is 5.22. The Labute approximate surface area is 203 Å². The highest BCUT2D eigenvalue weighted by Gasteiger charge is 2.70. The molecule has 34 heavy (non-hydrogen) atoms. The molecule has 1 aromatic heterocycles. The van der Waals surface area contributed by atoms with Crippen molar-refractivity contribution in [1.29, 1.82) is 0 Å². The second kappa shape index (κ2) is 7.91. The van der Waals surface area contributed by atoms with E-state index in [1.807, 2.05) is 6.07 Å². The van der Waals surface area contributed by atoms with E-state index in [2.05, 4.69) is 18.7 Å². The van der Waals surface area contributed by atoms with Crippen LogP contribution in [-0.4, -0.2) is 45.4 Å². The van der Waals surface area contributed by atoms with E-state index in [9.17, 15) is 15.0 Å². The normalized spacial score (nSPS) is 49.2. The van der Waals surface area contributed by atoms with Gasteiger partial charge in [-0.25, -0.2) is 4.79 Å².